The third-order valence-corrected chi connectivity index (χ3v) is 3.95. The minimum Gasteiger partial charge on any atom is -0.507 e. The highest BCUT2D eigenvalue weighted by molar-refractivity contribution is 6.02. The fourth-order valence-corrected chi connectivity index (χ4v) is 2.55. The van der Waals surface area contributed by atoms with Gasteiger partial charge in [0.2, 0.25) is 0 Å². The van der Waals surface area contributed by atoms with Gasteiger partial charge in [-0.1, -0.05) is 36.4 Å². The molecule has 4 N–H and O–H groups in total. The number of carbonyl (C=O) groups excluding carboxylic acids is 3. The van der Waals surface area contributed by atoms with Gasteiger partial charge >= 0.3 is 0 Å². The first-order chi connectivity index (χ1) is 13.5. The number of phenolic OH excluding ortho intramolecular Hbond substituents is 1. The second-order valence-corrected chi connectivity index (χ2v) is 5.88. The van der Waals surface area contributed by atoms with E-state index in [1.165, 1.54) is 30.3 Å². The maximum absolute atomic E-state index is 13.5. The molecule has 0 aliphatic carbocycles. The zero-order valence-corrected chi connectivity index (χ0v) is 14.5. The Bertz CT molecular complexity index is 1070. The van der Waals surface area contributed by atoms with E-state index in [-0.39, 0.29) is 16.9 Å². The standard InChI is InChI=1S/C20H16FN3O4/c21-16-8-4-3-7-14(16)19(27)22-11-18(26)23-24-20(28)15-9-12-5-1-2-6-13(12)10-17(15)25/h1-10,25H,11H2,(H,22,27)(H,23,26)(H,24,28). The summed E-state index contributed by atoms with van der Waals surface area (Å²) in [5.74, 6) is -3.15. The molecule has 0 aliphatic heterocycles. The Morgan fingerprint density at radius 1 is 0.821 bits per heavy atom. The Labute approximate surface area is 159 Å². The van der Waals surface area contributed by atoms with Crippen LogP contribution in [0.15, 0.2) is 60.7 Å². The predicted octanol–water partition coefficient (Wildman–Crippen LogP) is 1.88. The number of amides is 3. The molecule has 3 aromatic rings. The molecule has 28 heavy (non-hydrogen) atoms. The molecule has 0 aliphatic rings. The van der Waals surface area contributed by atoms with E-state index >= 15 is 0 Å². The monoisotopic (exact) mass is 381 g/mol. The highest BCUT2D eigenvalue weighted by atomic mass is 19.1. The molecule has 0 radical (unpaired) electrons. The molecule has 3 aromatic carbocycles. The van der Waals surface area contributed by atoms with E-state index in [4.69, 9.17) is 0 Å². The number of hydrogen-bond donors (Lipinski definition) is 4. The largest absolute Gasteiger partial charge is 0.507 e. The number of hydrogen-bond acceptors (Lipinski definition) is 4. The molecule has 0 unspecified atom stereocenters. The fraction of sp³-hybridized carbons (Fsp3) is 0.0500. The van der Waals surface area contributed by atoms with Crippen molar-refractivity contribution in [2.24, 2.45) is 0 Å². The van der Waals surface area contributed by atoms with Crippen molar-refractivity contribution in [3.63, 3.8) is 0 Å². The van der Waals surface area contributed by atoms with Crippen LogP contribution in [0.2, 0.25) is 0 Å². The number of halogens is 1. The normalized spacial score (nSPS) is 10.3. The fourth-order valence-electron chi connectivity index (χ4n) is 2.55. The summed E-state index contributed by atoms with van der Waals surface area (Å²) >= 11 is 0. The Morgan fingerprint density at radius 2 is 1.46 bits per heavy atom. The molecule has 3 amide bonds. The number of phenols is 1. The van der Waals surface area contributed by atoms with Crippen LogP contribution in [0.1, 0.15) is 20.7 Å². The third-order valence-electron chi connectivity index (χ3n) is 3.95. The van der Waals surface area contributed by atoms with Crippen LogP contribution in [0.3, 0.4) is 0 Å². The van der Waals surface area contributed by atoms with Crippen LogP contribution in [0.5, 0.6) is 5.75 Å². The summed E-state index contributed by atoms with van der Waals surface area (Å²) in [7, 11) is 0. The van der Waals surface area contributed by atoms with Crippen LogP contribution >= 0.6 is 0 Å². The maximum atomic E-state index is 13.5. The van der Waals surface area contributed by atoms with Gasteiger partial charge < -0.3 is 10.4 Å². The molecule has 0 atom stereocenters. The molecule has 142 valence electrons. The van der Waals surface area contributed by atoms with E-state index < -0.39 is 30.1 Å². The number of hydrazine groups is 1. The lowest BCUT2D eigenvalue weighted by Gasteiger charge is -2.10. The van der Waals surface area contributed by atoms with Crippen molar-refractivity contribution in [3.05, 3.63) is 77.6 Å². The maximum Gasteiger partial charge on any atom is 0.273 e. The number of fused-ring (bicyclic) bond motifs is 1. The highest BCUT2D eigenvalue weighted by Gasteiger charge is 2.15. The van der Waals surface area contributed by atoms with Crippen LogP contribution in [0, 0.1) is 5.82 Å². The second-order valence-electron chi connectivity index (χ2n) is 5.88. The lowest BCUT2D eigenvalue weighted by molar-refractivity contribution is -0.120. The van der Waals surface area contributed by atoms with Crippen LogP contribution in [0.4, 0.5) is 4.39 Å². The van der Waals surface area contributed by atoms with Crippen molar-refractivity contribution >= 4 is 28.5 Å². The summed E-state index contributed by atoms with van der Waals surface area (Å²) in [6, 6.07) is 15.5. The van der Waals surface area contributed by atoms with Gasteiger partial charge in [0.1, 0.15) is 11.6 Å². The van der Waals surface area contributed by atoms with E-state index in [0.29, 0.717) is 0 Å². The molecule has 0 fully saturated rings. The van der Waals surface area contributed by atoms with Gasteiger partial charge in [0.25, 0.3) is 17.7 Å². The number of carbonyl (C=O) groups is 3. The summed E-state index contributed by atoms with van der Waals surface area (Å²) in [6.45, 7) is -0.475. The molecular weight excluding hydrogens is 365 g/mol. The van der Waals surface area contributed by atoms with Gasteiger partial charge in [-0.25, -0.2) is 4.39 Å². The van der Waals surface area contributed by atoms with E-state index in [1.807, 2.05) is 0 Å². The molecule has 8 heteroatoms. The highest BCUT2D eigenvalue weighted by Crippen LogP contribution is 2.24. The topological polar surface area (TPSA) is 108 Å². The summed E-state index contributed by atoms with van der Waals surface area (Å²) in [5, 5.41) is 13.8. The van der Waals surface area contributed by atoms with Gasteiger partial charge in [-0.05, 0) is 35.0 Å². The zero-order valence-electron chi connectivity index (χ0n) is 14.5. The van der Waals surface area contributed by atoms with E-state index in [9.17, 15) is 23.9 Å². The van der Waals surface area contributed by atoms with E-state index in [2.05, 4.69) is 16.2 Å². The summed E-state index contributed by atoms with van der Waals surface area (Å²) < 4.78 is 13.5. The Kier molecular flexibility index (Phi) is 5.50. The van der Waals surface area contributed by atoms with Gasteiger partial charge in [0, 0.05) is 0 Å². The first-order valence-electron chi connectivity index (χ1n) is 8.29. The third kappa shape index (κ3) is 4.24. The number of rotatable bonds is 4. The lowest BCUT2D eigenvalue weighted by atomic mass is 10.1. The molecule has 0 spiro atoms. The first kappa shape index (κ1) is 18.8. The van der Waals surface area contributed by atoms with Crippen LogP contribution in [-0.4, -0.2) is 29.4 Å². The van der Waals surface area contributed by atoms with Crippen LogP contribution in [0.25, 0.3) is 10.8 Å². The molecular formula is C20H16FN3O4. The average molecular weight is 381 g/mol. The van der Waals surface area contributed by atoms with Crippen molar-refractivity contribution in [2.75, 3.05) is 6.54 Å². The number of benzene rings is 3. The quantitative estimate of drug-likeness (QED) is 0.518. The summed E-state index contributed by atoms with van der Waals surface area (Å²) in [6.07, 6.45) is 0. The Hall–Kier alpha value is -3.94. The van der Waals surface area contributed by atoms with Crippen LogP contribution < -0.4 is 16.2 Å². The van der Waals surface area contributed by atoms with Crippen LogP contribution in [-0.2, 0) is 4.79 Å². The van der Waals surface area contributed by atoms with Crippen molar-refractivity contribution < 1.29 is 23.9 Å². The molecule has 0 bridgehead atoms. The smallest absolute Gasteiger partial charge is 0.273 e. The lowest BCUT2D eigenvalue weighted by Crippen LogP contribution is -2.46. The van der Waals surface area contributed by atoms with Crippen molar-refractivity contribution in [3.8, 4) is 5.75 Å². The first-order valence-corrected chi connectivity index (χ1v) is 8.29. The van der Waals surface area contributed by atoms with E-state index in [0.717, 1.165) is 16.8 Å². The predicted molar refractivity (Wildman–Crippen MR) is 100.0 cm³/mol. The van der Waals surface area contributed by atoms with Gasteiger partial charge in [-0.2, -0.15) is 0 Å². The van der Waals surface area contributed by atoms with E-state index in [1.54, 1.807) is 24.3 Å². The SMILES string of the molecule is O=C(CNC(=O)c1ccccc1F)NNC(=O)c1cc2ccccc2cc1O. The summed E-state index contributed by atoms with van der Waals surface area (Å²) in [4.78, 5) is 35.8. The minimum absolute atomic E-state index is 0.0191. The molecule has 3 rings (SSSR count). The zero-order chi connectivity index (χ0) is 20.1. The number of nitrogens with one attached hydrogen (secondary N) is 3. The molecule has 0 saturated carbocycles. The summed E-state index contributed by atoms with van der Waals surface area (Å²) in [5.41, 5.74) is 4.06. The van der Waals surface area contributed by atoms with Crippen molar-refractivity contribution in [2.45, 2.75) is 0 Å². The van der Waals surface area contributed by atoms with Gasteiger partial charge in [-0.15, -0.1) is 0 Å². The molecule has 0 aromatic heterocycles. The minimum atomic E-state index is -0.758. The Morgan fingerprint density at radius 3 is 2.18 bits per heavy atom. The van der Waals surface area contributed by atoms with Gasteiger partial charge in [0.15, 0.2) is 0 Å². The van der Waals surface area contributed by atoms with Gasteiger partial charge in [-0.3, -0.25) is 25.2 Å². The average Bonchev–Trinajstić information content (AvgIpc) is 2.70. The van der Waals surface area contributed by atoms with Crippen molar-refractivity contribution in [1.29, 1.82) is 0 Å². The number of aromatic hydroxyl groups is 1. The van der Waals surface area contributed by atoms with Crippen molar-refractivity contribution in [1.82, 2.24) is 16.2 Å². The van der Waals surface area contributed by atoms with Gasteiger partial charge in [0.05, 0.1) is 17.7 Å². The second kappa shape index (κ2) is 8.17. The Balaban J connectivity index is 1.56. The molecule has 7 nitrogen and oxygen atoms in total. The molecule has 0 heterocycles. The molecule has 0 saturated heterocycles.